The maximum atomic E-state index is 13.4. The van der Waals surface area contributed by atoms with E-state index in [1.54, 1.807) is 21.3 Å². The van der Waals surface area contributed by atoms with Gasteiger partial charge < -0.3 is 24.6 Å². The zero-order chi connectivity index (χ0) is 26.7. The van der Waals surface area contributed by atoms with Crippen LogP contribution in [0.25, 0.3) is 0 Å². The van der Waals surface area contributed by atoms with Crippen LogP contribution in [0.15, 0.2) is 30.3 Å². The molecule has 0 aliphatic heterocycles. The van der Waals surface area contributed by atoms with Crippen LogP contribution in [0.4, 0.5) is 5.69 Å². The number of unbranched alkanes of at least 4 members (excludes halogenated alkanes) is 2. The van der Waals surface area contributed by atoms with Gasteiger partial charge in [-0.3, -0.25) is 4.79 Å². The van der Waals surface area contributed by atoms with Crippen LogP contribution in [0.3, 0.4) is 0 Å². The number of hydrogen-bond acceptors (Lipinski definition) is 5. The van der Waals surface area contributed by atoms with Crippen LogP contribution >= 0.6 is 0 Å². The molecule has 1 unspecified atom stereocenters. The molecule has 2 aromatic carbocycles. The van der Waals surface area contributed by atoms with Crippen LogP contribution in [-0.4, -0.2) is 38.9 Å². The first-order chi connectivity index (χ1) is 17.2. The van der Waals surface area contributed by atoms with Crippen molar-refractivity contribution in [2.75, 3.05) is 33.3 Å². The SMILES string of the molecule is CCCCCC(CC(=O)Nc1cc(CCCO)ccc1C(C)(C)C)c1cc(OC)c(OC)c(OC)c1. The number of rotatable bonds is 14. The Hall–Kier alpha value is -2.73. The Morgan fingerprint density at radius 2 is 1.64 bits per heavy atom. The number of amides is 1. The molecule has 2 aromatic rings. The van der Waals surface area contributed by atoms with Gasteiger partial charge in [0.25, 0.3) is 0 Å². The summed E-state index contributed by atoms with van der Waals surface area (Å²) < 4.78 is 16.6. The first kappa shape index (κ1) is 29.5. The van der Waals surface area contributed by atoms with Crippen LogP contribution in [0, 0.1) is 0 Å². The summed E-state index contributed by atoms with van der Waals surface area (Å²) in [5.74, 6) is 1.74. The number of ether oxygens (including phenoxy) is 3. The molecule has 0 saturated carbocycles. The fourth-order valence-electron chi connectivity index (χ4n) is 4.58. The number of hydrogen-bond donors (Lipinski definition) is 2. The van der Waals surface area contributed by atoms with Crippen molar-refractivity contribution in [2.45, 2.75) is 84.0 Å². The minimum absolute atomic E-state index is 0.0147. The summed E-state index contributed by atoms with van der Waals surface area (Å²) in [6.45, 7) is 8.77. The van der Waals surface area contributed by atoms with Gasteiger partial charge in [0.1, 0.15) is 0 Å². The smallest absolute Gasteiger partial charge is 0.224 e. The van der Waals surface area contributed by atoms with Crippen molar-refractivity contribution in [3.05, 3.63) is 47.0 Å². The molecule has 6 heteroatoms. The molecule has 200 valence electrons. The van der Waals surface area contributed by atoms with Crippen molar-refractivity contribution in [1.29, 1.82) is 0 Å². The monoisotopic (exact) mass is 499 g/mol. The van der Waals surface area contributed by atoms with Crippen LogP contribution in [0.2, 0.25) is 0 Å². The highest BCUT2D eigenvalue weighted by atomic mass is 16.5. The number of carbonyl (C=O) groups is 1. The van der Waals surface area contributed by atoms with Crippen molar-refractivity contribution in [3.63, 3.8) is 0 Å². The van der Waals surface area contributed by atoms with E-state index in [0.29, 0.717) is 30.1 Å². The predicted octanol–water partition coefficient (Wildman–Crippen LogP) is 6.63. The van der Waals surface area contributed by atoms with E-state index in [-0.39, 0.29) is 23.8 Å². The third-order valence-electron chi connectivity index (χ3n) is 6.54. The molecule has 2 N–H and O–H groups in total. The standard InChI is InChI=1S/C30H45NO5/c1-8-9-10-13-22(23-18-26(34-5)29(36-7)27(19-23)35-6)20-28(33)31-25-17-21(12-11-16-32)14-15-24(25)30(2,3)4/h14-15,17-19,22,32H,8-13,16,20H2,1-7H3,(H,31,33). The number of aliphatic hydroxyl groups is 1. The van der Waals surface area contributed by atoms with Crippen molar-refractivity contribution in [1.82, 2.24) is 0 Å². The molecule has 1 amide bonds. The number of anilines is 1. The lowest BCUT2D eigenvalue weighted by atomic mass is 9.84. The zero-order valence-electron chi connectivity index (χ0n) is 23.2. The third-order valence-corrected chi connectivity index (χ3v) is 6.54. The minimum Gasteiger partial charge on any atom is -0.493 e. The highest BCUT2D eigenvalue weighted by Crippen LogP contribution is 2.42. The van der Waals surface area contributed by atoms with E-state index in [1.807, 2.05) is 12.1 Å². The first-order valence-corrected chi connectivity index (χ1v) is 13.0. The van der Waals surface area contributed by atoms with E-state index in [9.17, 15) is 9.90 Å². The number of nitrogens with one attached hydrogen (secondary N) is 1. The lowest BCUT2D eigenvalue weighted by Crippen LogP contribution is -2.20. The molecule has 1 atom stereocenters. The molecule has 0 fully saturated rings. The van der Waals surface area contributed by atoms with Crippen molar-refractivity contribution < 1.29 is 24.1 Å². The van der Waals surface area contributed by atoms with Crippen LogP contribution in [0.1, 0.15) is 88.8 Å². The Morgan fingerprint density at radius 3 is 2.17 bits per heavy atom. The zero-order valence-corrected chi connectivity index (χ0v) is 23.2. The molecule has 0 aliphatic rings. The molecule has 0 heterocycles. The number of benzene rings is 2. The Kier molecular flexibility index (Phi) is 11.6. The summed E-state index contributed by atoms with van der Waals surface area (Å²) in [5, 5.41) is 12.5. The summed E-state index contributed by atoms with van der Waals surface area (Å²) in [6.07, 6.45) is 5.98. The maximum absolute atomic E-state index is 13.4. The normalized spacial score (nSPS) is 12.2. The van der Waals surface area contributed by atoms with Crippen molar-refractivity contribution in [2.24, 2.45) is 0 Å². The summed E-state index contributed by atoms with van der Waals surface area (Å²) in [5.41, 5.74) is 3.94. The average Bonchev–Trinajstić information content (AvgIpc) is 2.85. The lowest BCUT2D eigenvalue weighted by molar-refractivity contribution is -0.116. The van der Waals surface area contributed by atoms with Gasteiger partial charge in [-0.15, -0.1) is 0 Å². The molecule has 6 nitrogen and oxygen atoms in total. The average molecular weight is 500 g/mol. The number of aryl methyl sites for hydroxylation is 1. The highest BCUT2D eigenvalue weighted by Gasteiger charge is 2.23. The summed E-state index contributed by atoms with van der Waals surface area (Å²) in [4.78, 5) is 13.4. The summed E-state index contributed by atoms with van der Waals surface area (Å²) in [6, 6.07) is 10.2. The van der Waals surface area contributed by atoms with Gasteiger partial charge in [-0.25, -0.2) is 0 Å². The topological polar surface area (TPSA) is 77.0 Å². The van der Waals surface area contributed by atoms with Crippen LogP contribution in [0.5, 0.6) is 17.2 Å². The van der Waals surface area contributed by atoms with Gasteiger partial charge in [-0.05, 0) is 65.5 Å². The third kappa shape index (κ3) is 8.16. The van der Waals surface area contributed by atoms with E-state index in [2.05, 4.69) is 51.2 Å². The van der Waals surface area contributed by atoms with E-state index < -0.39 is 0 Å². The van der Waals surface area contributed by atoms with Gasteiger partial charge in [0, 0.05) is 18.7 Å². The molecule has 2 rings (SSSR count). The Labute approximate surface area is 217 Å². The lowest BCUT2D eigenvalue weighted by Gasteiger charge is -2.25. The van der Waals surface area contributed by atoms with E-state index in [1.165, 1.54) is 0 Å². The molecule has 0 bridgehead atoms. The first-order valence-electron chi connectivity index (χ1n) is 13.0. The van der Waals surface area contributed by atoms with Crippen molar-refractivity contribution >= 4 is 11.6 Å². The van der Waals surface area contributed by atoms with Crippen molar-refractivity contribution in [3.8, 4) is 17.2 Å². The minimum atomic E-state index is -0.116. The molecule has 0 aliphatic carbocycles. The van der Waals surface area contributed by atoms with Gasteiger partial charge in [0.15, 0.2) is 11.5 Å². The Balaban J connectivity index is 2.36. The molecular weight excluding hydrogens is 454 g/mol. The number of aliphatic hydroxyl groups excluding tert-OH is 1. The van der Waals surface area contributed by atoms with Gasteiger partial charge in [0.05, 0.1) is 21.3 Å². The quantitative estimate of drug-likeness (QED) is 0.285. The Bertz CT molecular complexity index is 955. The largest absolute Gasteiger partial charge is 0.493 e. The van der Waals surface area contributed by atoms with E-state index in [4.69, 9.17) is 14.2 Å². The van der Waals surface area contributed by atoms with Gasteiger partial charge in [0.2, 0.25) is 11.7 Å². The van der Waals surface area contributed by atoms with E-state index >= 15 is 0 Å². The highest BCUT2D eigenvalue weighted by molar-refractivity contribution is 5.92. The number of carbonyl (C=O) groups excluding carboxylic acids is 1. The van der Waals surface area contributed by atoms with Crippen LogP contribution in [-0.2, 0) is 16.6 Å². The molecule has 0 saturated heterocycles. The maximum Gasteiger partial charge on any atom is 0.224 e. The molecule has 0 spiro atoms. The summed E-state index contributed by atoms with van der Waals surface area (Å²) >= 11 is 0. The fraction of sp³-hybridized carbons (Fsp3) is 0.567. The predicted molar refractivity (Wildman–Crippen MR) is 147 cm³/mol. The molecule has 0 radical (unpaired) electrons. The summed E-state index contributed by atoms with van der Waals surface area (Å²) in [7, 11) is 4.81. The molecule has 0 aromatic heterocycles. The van der Waals surface area contributed by atoms with E-state index in [0.717, 1.165) is 54.5 Å². The second kappa shape index (κ2) is 14.1. The van der Waals surface area contributed by atoms with Gasteiger partial charge in [-0.1, -0.05) is 59.1 Å². The van der Waals surface area contributed by atoms with Crippen LogP contribution < -0.4 is 19.5 Å². The second-order valence-electron chi connectivity index (χ2n) is 10.4. The fourth-order valence-corrected chi connectivity index (χ4v) is 4.58. The van der Waals surface area contributed by atoms with Gasteiger partial charge in [-0.2, -0.15) is 0 Å². The second-order valence-corrected chi connectivity index (χ2v) is 10.4. The molecule has 36 heavy (non-hydrogen) atoms. The van der Waals surface area contributed by atoms with Gasteiger partial charge >= 0.3 is 0 Å². The Morgan fingerprint density at radius 1 is 0.972 bits per heavy atom. The molecular formula is C30H45NO5. The number of methoxy groups -OCH3 is 3.